The number of hydrogen-bond acceptors (Lipinski definition) is 3. The summed E-state index contributed by atoms with van der Waals surface area (Å²) in [7, 11) is 0. The maximum atomic E-state index is 5.19. The fourth-order valence-electron chi connectivity index (χ4n) is 1.62. The van der Waals surface area contributed by atoms with E-state index in [9.17, 15) is 0 Å². The van der Waals surface area contributed by atoms with Crippen LogP contribution in [0.25, 0.3) is 0 Å². The molecule has 0 aromatic carbocycles. The van der Waals surface area contributed by atoms with Gasteiger partial charge in [-0.1, -0.05) is 19.0 Å². The van der Waals surface area contributed by atoms with Gasteiger partial charge in [0, 0.05) is 12.1 Å². The Morgan fingerprint density at radius 1 is 1.50 bits per heavy atom. The molecule has 2 rings (SSSR count). The second-order valence-corrected chi connectivity index (χ2v) is 3.56. The van der Waals surface area contributed by atoms with Gasteiger partial charge in [-0.15, -0.1) is 0 Å². The first-order valence-corrected chi connectivity index (χ1v) is 4.51. The third kappa shape index (κ3) is 1.09. The van der Waals surface area contributed by atoms with Crippen LogP contribution in [0.1, 0.15) is 37.4 Å². The summed E-state index contributed by atoms with van der Waals surface area (Å²) in [5.74, 6) is 1.36. The van der Waals surface area contributed by atoms with Crippen molar-refractivity contribution in [2.24, 2.45) is 0 Å². The predicted octanol–water partition coefficient (Wildman–Crippen LogP) is 2.16. The van der Waals surface area contributed by atoms with Crippen molar-refractivity contribution in [3.63, 3.8) is 0 Å². The summed E-state index contributed by atoms with van der Waals surface area (Å²) < 4.78 is 5.19. The van der Waals surface area contributed by atoms with Crippen LogP contribution in [0.5, 0.6) is 0 Å². The first kappa shape index (κ1) is 7.65. The fraction of sp³-hybridized carbons (Fsp3) is 0.667. The number of nitrogens with one attached hydrogen (secondary N) is 1. The Labute approximate surface area is 72.1 Å². The van der Waals surface area contributed by atoms with Crippen molar-refractivity contribution < 1.29 is 4.52 Å². The zero-order valence-electron chi connectivity index (χ0n) is 7.55. The molecular weight excluding hydrogens is 152 g/mol. The number of anilines is 1. The normalized spacial score (nSPS) is 15.9. The molecule has 0 radical (unpaired) electrons. The van der Waals surface area contributed by atoms with Gasteiger partial charge in [-0.3, -0.25) is 0 Å². The van der Waals surface area contributed by atoms with Gasteiger partial charge in [0.15, 0.2) is 0 Å². The minimum atomic E-state index is 0.470. The van der Waals surface area contributed by atoms with Crippen LogP contribution >= 0.6 is 0 Å². The Balaban J connectivity index is 2.38. The van der Waals surface area contributed by atoms with E-state index in [0.717, 1.165) is 24.5 Å². The number of hydrogen-bond donors (Lipinski definition) is 1. The van der Waals surface area contributed by atoms with Gasteiger partial charge in [0.2, 0.25) is 5.88 Å². The first-order valence-electron chi connectivity index (χ1n) is 4.51. The molecule has 12 heavy (non-hydrogen) atoms. The summed E-state index contributed by atoms with van der Waals surface area (Å²) in [6.07, 6.45) is 2.30. The number of aromatic nitrogens is 1. The number of rotatable bonds is 1. The molecule has 1 aliphatic rings. The van der Waals surface area contributed by atoms with E-state index in [-0.39, 0.29) is 0 Å². The van der Waals surface area contributed by atoms with Crippen molar-refractivity contribution in [1.29, 1.82) is 0 Å². The van der Waals surface area contributed by atoms with Crippen LogP contribution in [0.15, 0.2) is 4.52 Å². The predicted molar refractivity (Wildman–Crippen MR) is 47.4 cm³/mol. The van der Waals surface area contributed by atoms with E-state index in [2.05, 4.69) is 24.3 Å². The van der Waals surface area contributed by atoms with Gasteiger partial charge in [0.25, 0.3) is 0 Å². The molecule has 3 nitrogen and oxygen atoms in total. The van der Waals surface area contributed by atoms with E-state index in [1.807, 2.05) is 0 Å². The number of fused-ring (bicyclic) bond motifs is 1. The summed E-state index contributed by atoms with van der Waals surface area (Å²) in [6.45, 7) is 5.30. The van der Waals surface area contributed by atoms with E-state index in [1.165, 1.54) is 12.0 Å². The van der Waals surface area contributed by atoms with Crippen molar-refractivity contribution >= 4 is 5.88 Å². The maximum Gasteiger partial charge on any atom is 0.228 e. The van der Waals surface area contributed by atoms with Crippen molar-refractivity contribution in [3.05, 3.63) is 11.3 Å². The monoisotopic (exact) mass is 166 g/mol. The van der Waals surface area contributed by atoms with Crippen LogP contribution in [-0.2, 0) is 6.42 Å². The van der Waals surface area contributed by atoms with Crippen LogP contribution in [0, 0.1) is 0 Å². The third-order valence-corrected chi connectivity index (χ3v) is 2.25. The average molecular weight is 166 g/mol. The molecule has 2 heterocycles. The summed E-state index contributed by atoms with van der Waals surface area (Å²) in [6, 6.07) is 0. The molecule has 0 bridgehead atoms. The lowest BCUT2D eigenvalue weighted by molar-refractivity contribution is 0.418. The standard InChI is InChI=1S/C9H14N2O/c1-6(2)8-7-4-3-5-10-9(7)12-11-8/h6,10H,3-5H2,1-2H3. The molecule has 0 amide bonds. The minimum Gasteiger partial charge on any atom is -0.354 e. The fourth-order valence-corrected chi connectivity index (χ4v) is 1.62. The van der Waals surface area contributed by atoms with Gasteiger partial charge < -0.3 is 9.84 Å². The molecule has 1 aromatic rings. The zero-order valence-corrected chi connectivity index (χ0v) is 7.55. The number of nitrogens with zero attached hydrogens (tertiary/aromatic N) is 1. The molecule has 66 valence electrons. The van der Waals surface area contributed by atoms with E-state index in [1.54, 1.807) is 0 Å². The largest absolute Gasteiger partial charge is 0.354 e. The van der Waals surface area contributed by atoms with Crippen molar-refractivity contribution in [2.45, 2.75) is 32.6 Å². The summed E-state index contributed by atoms with van der Waals surface area (Å²) in [5, 5.41) is 7.27. The topological polar surface area (TPSA) is 38.1 Å². The highest BCUT2D eigenvalue weighted by Crippen LogP contribution is 2.29. The highest BCUT2D eigenvalue weighted by atomic mass is 16.5. The smallest absolute Gasteiger partial charge is 0.228 e. The summed E-state index contributed by atoms with van der Waals surface area (Å²) >= 11 is 0. The molecule has 1 N–H and O–H groups in total. The van der Waals surface area contributed by atoms with E-state index >= 15 is 0 Å². The second kappa shape index (κ2) is 2.81. The average Bonchev–Trinajstić information content (AvgIpc) is 2.47. The molecule has 3 heteroatoms. The van der Waals surface area contributed by atoms with Gasteiger partial charge >= 0.3 is 0 Å². The third-order valence-electron chi connectivity index (χ3n) is 2.25. The van der Waals surface area contributed by atoms with Crippen LogP contribution in [0.4, 0.5) is 5.88 Å². The first-order chi connectivity index (χ1) is 5.79. The molecule has 1 aromatic heterocycles. The van der Waals surface area contributed by atoms with Gasteiger partial charge in [-0.05, 0) is 18.8 Å². The summed E-state index contributed by atoms with van der Waals surface area (Å²) in [5.41, 5.74) is 2.41. The quantitative estimate of drug-likeness (QED) is 0.694. The van der Waals surface area contributed by atoms with Crippen LogP contribution in [0.2, 0.25) is 0 Å². The van der Waals surface area contributed by atoms with Crippen LogP contribution < -0.4 is 5.32 Å². The minimum absolute atomic E-state index is 0.470. The van der Waals surface area contributed by atoms with Gasteiger partial charge in [0.05, 0.1) is 5.69 Å². The van der Waals surface area contributed by atoms with Crippen molar-refractivity contribution in [1.82, 2.24) is 5.16 Å². The molecule has 0 aliphatic carbocycles. The Kier molecular flexibility index (Phi) is 1.79. The second-order valence-electron chi connectivity index (χ2n) is 3.56. The molecule has 0 saturated carbocycles. The van der Waals surface area contributed by atoms with Gasteiger partial charge in [0.1, 0.15) is 0 Å². The molecule has 0 saturated heterocycles. The lowest BCUT2D eigenvalue weighted by atomic mass is 10.0. The highest BCUT2D eigenvalue weighted by Gasteiger charge is 2.20. The maximum absolute atomic E-state index is 5.19. The van der Waals surface area contributed by atoms with E-state index in [4.69, 9.17) is 4.52 Å². The molecule has 0 fully saturated rings. The van der Waals surface area contributed by atoms with Gasteiger partial charge in [-0.2, -0.15) is 0 Å². The molecule has 0 unspecified atom stereocenters. The lowest BCUT2D eigenvalue weighted by Crippen LogP contribution is -2.11. The van der Waals surface area contributed by atoms with Crippen molar-refractivity contribution in [2.75, 3.05) is 11.9 Å². The van der Waals surface area contributed by atoms with Crippen LogP contribution in [-0.4, -0.2) is 11.7 Å². The molecule has 1 aliphatic heterocycles. The Morgan fingerprint density at radius 3 is 3.08 bits per heavy atom. The lowest BCUT2D eigenvalue weighted by Gasteiger charge is -2.12. The molecular formula is C9H14N2O. The Morgan fingerprint density at radius 2 is 2.33 bits per heavy atom. The van der Waals surface area contributed by atoms with Crippen molar-refractivity contribution in [3.8, 4) is 0 Å². The molecule has 0 atom stereocenters. The highest BCUT2D eigenvalue weighted by molar-refractivity contribution is 5.46. The summed E-state index contributed by atoms with van der Waals surface area (Å²) in [4.78, 5) is 0. The van der Waals surface area contributed by atoms with E-state index in [0.29, 0.717) is 5.92 Å². The zero-order chi connectivity index (χ0) is 8.55. The van der Waals surface area contributed by atoms with Gasteiger partial charge in [-0.25, -0.2) is 0 Å². The molecule has 0 spiro atoms. The van der Waals surface area contributed by atoms with Crippen LogP contribution in [0.3, 0.4) is 0 Å². The van der Waals surface area contributed by atoms with E-state index < -0.39 is 0 Å². The SMILES string of the molecule is CC(C)c1noc2c1CCCN2. The Bertz CT molecular complexity index is 278. The Hall–Kier alpha value is -0.990.